The smallest absolute Gasteiger partial charge is 0.228 e. The maximum atomic E-state index is 14.5. The van der Waals surface area contributed by atoms with Crippen LogP contribution in [0.5, 0.6) is 40.2 Å². The molecule has 0 bridgehead atoms. The van der Waals surface area contributed by atoms with Gasteiger partial charge in [-0.25, -0.2) is 52.7 Å². The first-order valence-electron chi connectivity index (χ1n) is 41.7. The van der Waals surface area contributed by atoms with E-state index in [0.717, 1.165) is 72.8 Å². The number of halogens is 12. The van der Waals surface area contributed by atoms with Crippen LogP contribution in [0.25, 0.3) is 76.3 Å². The Balaban J connectivity index is 0.000000186. The van der Waals surface area contributed by atoms with Gasteiger partial charge in [-0.15, -0.1) is 0 Å². The lowest BCUT2D eigenvalue weighted by atomic mass is 10.1. The van der Waals surface area contributed by atoms with Crippen molar-refractivity contribution in [2.75, 3.05) is 0 Å². The molecule has 7 aromatic heterocycles. The van der Waals surface area contributed by atoms with Crippen LogP contribution < -0.4 is 33.2 Å². The molecule has 0 atom stereocenters. The van der Waals surface area contributed by atoms with E-state index >= 15 is 0 Å². The minimum absolute atomic E-state index is 0.0365. The molecule has 0 N–H and O–H groups in total. The van der Waals surface area contributed by atoms with Crippen molar-refractivity contribution in [2.24, 2.45) is 28.2 Å². The summed E-state index contributed by atoms with van der Waals surface area (Å²) in [6, 6.07) is 22.1. The van der Waals surface area contributed by atoms with Crippen LogP contribution in [0, 0.1) is 111 Å². The van der Waals surface area contributed by atoms with Gasteiger partial charge in [0.1, 0.15) is 39.2 Å². The van der Waals surface area contributed by atoms with E-state index in [-0.39, 0.29) is 96.0 Å². The Kier molecular flexibility index (Phi) is 30.2. The molecular weight excluding hydrogens is 1690 g/mol. The average Bonchev–Trinajstić information content (AvgIpc) is 1.62. The van der Waals surface area contributed by atoms with Crippen molar-refractivity contribution >= 4 is 94.0 Å². The Morgan fingerprint density at radius 2 is 0.597 bits per heavy atom. The molecule has 0 amide bonds. The second-order valence-electron chi connectivity index (χ2n) is 38.6. The van der Waals surface area contributed by atoms with Crippen LogP contribution >= 0.6 is 0 Å². The van der Waals surface area contributed by atoms with E-state index in [1.807, 2.05) is 118 Å². The molecule has 0 saturated carbocycles. The summed E-state index contributed by atoms with van der Waals surface area (Å²) in [5.41, 5.74) is 3.96. The third-order valence-electron chi connectivity index (χ3n) is 19.8. The summed E-state index contributed by atoms with van der Waals surface area (Å²) in [7, 11) is 7.38. The lowest BCUT2D eigenvalue weighted by Gasteiger charge is -2.22. The largest absolute Gasteiger partial charge is 0.485 e. The maximum absolute atomic E-state index is 14.5. The van der Waals surface area contributed by atoms with E-state index in [0.29, 0.717) is 38.9 Å². The minimum Gasteiger partial charge on any atom is -0.485 e. The summed E-state index contributed by atoms with van der Waals surface area (Å²) in [6.07, 6.45) is 2.76. The van der Waals surface area contributed by atoms with E-state index < -0.39 is 103 Å². The quantitative estimate of drug-likeness (QED) is 0.141. The van der Waals surface area contributed by atoms with Crippen molar-refractivity contribution in [2.45, 2.75) is 247 Å². The molecule has 14 rings (SSSR count). The molecule has 698 valence electrons. The van der Waals surface area contributed by atoms with Crippen LogP contribution in [0.4, 0.5) is 52.7 Å². The molecule has 17 nitrogen and oxygen atoms in total. The second kappa shape index (κ2) is 38.0. The molecule has 0 spiro atoms. The number of aryl methyl sites for hydroxylation is 9. The molecule has 14 aromatic rings. The first-order valence-corrected chi connectivity index (χ1v) is 41.7. The summed E-state index contributed by atoms with van der Waals surface area (Å²) in [5.74, 6) is -8.58. The van der Waals surface area contributed by atoms with E-state index in [4.69, 9.17) is 33.2 Å². The number of carbonyl (C=O) groups is 3. The number of hydrogen-bond donors (Lipinski definition) is 0. The fraction of sp³-hybridized carbons (Fsp3) is 0.410. The van der Waals surface area contributed by atoms with Crippen LogP contribution in [0.15, 0.2) is 103 Å². The van der Waals surface area contributed by atoms with Crippen molar-refractivity contribution < 1.29 is 100 Å². The molecule has 0 saturated heterocycles. The highest BCUT2D eigenvalue weighted by Gasteiger charge is 2.31. The highest BCUT2D eigenvalue weighted by molar-refractivity contribution is 5.96. The van der Waals surface area contributed by atoms with Crippen LogP contribution in [-0.2, 0) is 28.2 Å². The normalized spacial score (nSPS) is 12.0. The molecule has 29 heteroatoms. The number of fused-ring (bicyclic) bond motifs is 7. The summed E-state index contributed by atoms with van der Waals surface area (Å²) in [4.78, 5) is 34.2. The van der Waals surface area contributed by atoms with Crippen LogP contribution in [-0.4, -0.2) is 88.9 Å². The van der Waals surface area contributed by atoms with E-state index in [1.54, 1.807) is 158 Å². The molecule has 129 heavy (non-hydrogen) atoms. The van der Waals surface area contributed by atoms with Gasteiger partial charge in [0, 0.05) is 158 Å². The zero-order chi connectivity index (χ0) is 97.8. The standard InChI is InChI=1S/C15H17F2NO2.C15H20FNO.2C14H15F2NO2.2C14H17F2NO.C14H18FNO/c1-8-6-10-13(17)12(20-15(3,4)5)7-11(16)14(10)18(8)9(2)19;1-9-10(2)17(6)11-7-8-12(14(16)13(9)11)18-15(3,4)5;1-8(18)17-6-5-9-12(16)11(19-14(2,3)4)7-10(15)13(9)17;1-8(18)17-6-5-9-11(17)7-10(15)13(12(9)16)19-14(2,3)4;1-8-6-9-12(16)11(18-14(2,3)4)7-10(15)13(9)17(8)5;1-8-6-9-11(17(8)5)7-10(15)13(12(9)16)18-14(2,3)4;1-9-8-10-11(16(9)5)6-7-12(13(10)15)17-14(2,3)4/h6-7H,1-5H3;7-8H,1-6H3;2*5-7H,1-4H3;2*6-7H,1-5H3;6-8H,1-5H3. The fourth-order valence-corrected chi connectivity index (χ4v) is 14.0. The third kappa shape index (κ3) is 24.0. The Morgan fingerprint density at radius 1 is 0.271 bits per heavy atom. The highest BCUT2D eigenvalue weighted by Crippen LogP contribution is 2.41. The zero-order valence-corrected chi connectivity index (χ0v) is 80.1. The summed E-state index contributed by atoms with van der Waals surface area (Å²) >= 11 is 0. The number of aromatic nitrogens is 7. The molecule has 7 aromatic carbocycles. The highest BCUT2D eigenvalue weighted by atomic mass is 19.2. The van der Waals surface area contributed by atoms with Crippen molar-refractivity contribution in [3.63, 3.8) is 0 Å². The third-order valence-corrected chi connectivity index (χ3v) is 19.8. The van der Waals surface area contributed by atoms with Gasteiger partial charge in [-0.2, -0.15) is 0 Å². The molecule has 0 aliphatic heterocycles. The van der Waals surface area contributed by atoms with Crippen molar-refractivity contribution in [1.29, 1.82) is 0 Å². The Bertz CT molecular complexity index is 6600. The molecule has 7 heterocycles. The molecule has 0 fully saturated rings. The predicted octanol–water partition coefficient (Wildman–Crippen LogP) is 27.4. The Hall–Kier alpha value is -11.9. The van der Waals surface area contributed by atoms with Crippen LogP contribution in [0.1, 0.15) is 215 Å². The number of carbonyl (C=O) groups excluding carboxylic acids is 3. The van der Waals surface area contributed by atoms with E-state index in [2.05, 4.69) is 0 Å². The van der Waals surface area contributed by atoms with Crippen molar-refractivity contribution in [1.82, 2.24) is 32.0 Å². The summed E-state index contributed by atoms with van der Waals surface area (Å²) in [6.45, 7) is 52.9. The Labute approximate surface area is 745 Å². The number of hydrogen-bond acceptors (Lipinski definition) is 10. The lowest BCUT2D eigenvalue weighted by molar-refractivity contribution is 0.0931. The predicted molar refractivity (Wildman–Crippen MR) is 487 cm³/mol. The van der Waals surface area contributed by atoms with Gasteiger partial charge in [0.05, 0.1) is 38.6 Å². The second-order valence-corrected chi connectivity index (χ2v) is 38.6. The number of benzene rings is 7. The van der Waals surface area contributed by atoms with Gasteiger partial charge in [-0.3, -0.25) is 28.1 Å². The summed E-state index contributed by atoms with van der Waals surface area (Å²) in [5, 5.41) is 2.18. The van der Waals surface area contributed by atoms with Gasteiger partial charge >= 0.3 is 0 Å². The van der Waals surface area contributed by atoms with Gasteiger partial charge < -0.3 is 51.4 Å². The monoisotopic (exact) mass is 1810 g/mol. The topological polar surface area (TPSA) is 150 Å². The van der Waals surface area contributed by atoms with Crippen LogP contribution in [0.2, 0.25) is 0 Å². The van der Waals surface area contributed by atoms with Crippen LogP contribution in [0.3, 0.4) is 0 Å². The first kappa shape index (κ1) is 102. The Morgan fingerprint density at radius 3 is 1.03 bits per heavy atom. The van der Waals surface area contributed by atoms with Gasteiger partial charge in [0.25, 0.3) is 0 Å². The maximum Gasteiger partial charge on any atom is 0.228 e. The number of ether oxygens (including phenoxy) is 7. The molecule has 0 radical (unpaired) electrons. The van der Waals surface area contributed by atoms with Gasteiger partial charge in [0.2, 0.25) is 17.7 Å². The van der Waals surface area contributed by atoms with Gasteiger partial charge in [0.15, 0.2) is 110 Å². The van der Waals surface area contributed by atoms with E-state index in [9.17, 15) is 67.1 Å². The number of rotatable bonds is 7. The molecule has 0 aliphatic rings. The fourth-order valence-electron chi connectivity index (χ4n) is 14.0. The molecule has 0 unspecified atom stereocenters. The van der Waals surface area contributed by atoms with Crippen molar-refractivity contribution in [3.05, 3.63) is 207 Å². The number of nitrogens with zero attached hydrogens (tertiary/aromatic N) is 7. The molecule has 0 aliphatic carbocycles. The van der Waals surface area contributed by atoms with Gasteiger partial charge in [-0.1, -0.05) is 0 Å². The van der Waals surface area contributed by atoms with Gasteiger partial charge in [-0.05, 0) is 253 Å². The summed E-state index contributed by atoms with van der Waals surface area (Å²) < 4.78 is 219. The zero-order valence-electron chi connectivity index (χ0n) is 80.1. The SMILES string of the molecule is CC(=O)n1c(C)cc2c(F)c(OC(C)(C)C)cc(F)c21.CC(=O)n1ccc2c(F)c(OC(C)(C)C)c(F)cc21.CC(=O)n1ccc2c(F)c(OC(C)(C)C)cc(F)c21.Cc1c(C)n(C)c2ccc(OC(C)(C)C)c(F)c12.Cc1cc2c(F)c(OC(C)(C)C)c(F)cc2n1C.Cc1cc2c(F)c(OC(C)(C)C)cc(F)c2n1C.Cc1cc2c(F)c(OC(C)(C)C)ccc2n1C. The first-order chi connectivity index (χ1) is 58.9. The average molecular weight is 1810 g/mol. The van der Waals surface area contributed by atoms with Crippen molar-refractivity contribution in [3.8, 4) is 40.2 Å². The molecular formula is C100H119F12N7O10. The van der Waals surface area contributed by atoms with E-state index in [1.165, 1.54) is 62.0 Å². The minimum atomic E-state index is -0.818. The lowest BCUT2D eigenvalue weighted by Crippen LogP contribution is -2.24.